The first-order valence-corrected chi connectivity index (χ1v) is 6.28. The van der Waals surface area contributed by atoms with E-state index >= 15 is 0 Å². The Morgan fingerprint density at radius 3 is 2.72 bits per heavy atom. The van der Waals surface area contributed by atoms with Gasteiger partial charge in [0.2, 0.25) is 0 Å². The van der Waals surface area contributed by atoms with Crippen LogP contribution in [0.15, 0.2) is 12.1 Å². The summed E-state index contributed by atoms with van der Waals surface area (Å²) >= 11 is 6.04. The molecule has 0 radical (unpaired) electrons. The van der Waals surface area contributed by atoms with Crippen molar-refractivity contribution < 1.29 is 14.3 Å². The number of halogens is 1. The summed E-state index contributed by atoms with van der Waals surface area (Å²) < 4.78 is 10.2. The maximum absolute atomic E-state index is 11.6. The Morgan fingerprint density at radius 2 is 2.11 bits per heavy atom. The van der Waals surface area contributed by atoms with Crippen molar-refractivity contribution >= 4 is 23.3 Å². The van der Waals surface area contributed by atoms with Crippen LogP contribution in [0.2, 0.25) is 5.02 Å². The minimum absolute atomic E-state index is 0.263. The van der Waals surface area contributed by atoms with Crippen molar-refractivity contribution in [3.63, 3.8) is 0 Å². The average molecular weight is 272 g/mol. The molecule has 0 fully saturated rings. The molecule has 1 aromatic carbocycles. The van der Waals surface area contributed by atoms with Gasteiger partial charge in [-0.2, -0.15) is 0 Å². The van der Waals surface area contributed by atoms with E-state index in [-0.39, 0.29) is 5.56 Å². The molecule has 0 spiro atoms. The van der Waals surface area contributed by atoms with Gasteiger partial charge in [-0.3, -0.25) is 0 Å². The molecule has 0 heterocycles. The number of hydrogen-bond acceptors (Lipinski definition) is 4. The van der Waals surface area contributed by atoms with Crippen LogP contribution in [-0.2, 0) is 4.74 Å². The lowest BCUT2D eigenvalue weighted by atomic mass is 10.1. The van der Waals surface area contributed by atoms with E-state index in [2.05, 4.69) is 11.7 Å². The van der Waals surface area contributed by atoms with Gasteiger partial charge in [0.25, 0.3) is 0 Å². The molecule has 18 heavy (non-hydrogen) atoms. The number of esters is 1. The highest BCUT2D eigenvalue weighted by atomic mass is 35.5. The highest BCUT2D eigenvalue weighted by Crippen LogP contribution is 2.32. The van der Waals surface area contributed by atoms with Gasteiger partial charge in [0.1, 0.15) is 5.56 Å². The fraction of sp³-hybridized carbons (Fsp3) is 0.462. The monoisotopic (exact) mass is 271 g/mol. The van der Waals surface area contributed by atoms with Crippen molar-refractivity contribution in [1.82, 2.24) is 0 Å². The molecular weight excluding hydrogens is 254 g/mol. The van der Waals surface area contributed by atoms with Crippen molar-refractivity contribution in [3.05, 3.63) is 22.7 Å². The normalized spacial score (nSPS) is 10.2. The van der Waals surface area contributed by atoms with Crippen LogP contribution in [0, 0.1) is 0 Å². The first-order chi connectivity index (χ1) is 8.60. The van der Waals surface area contributed by atoms with Gasteiger partial charge < -0.3 is 15.2 Å². The lowest BCUT2D eigenvalue weighted by molar-refractivity contribution is 0.0596. The fourth-order valence-electron chi connectivity index (χ4n) is 1.55. The van der Waals surface area contributed by atoms with Crippen LogP contribution in [0.5, 0.6) is 5.75 Å². The van der Waals surface area contributed by atoms with Crippen LogP contribution in [0.25, 0.3) is 0 Å². The average Bonchev–Trinajstić information content (AvgIpc) is 2.35. The number of carbonyl (C=O) groups is 1. The van der Waals surface area contributed by atoms with Crippen LogP contribution in [-0.4, -0.2) is 19.7 Å². The number of rotatable bonds is 6. The Morgan fingerprint density at radius 1 is 1.39 bits per heavy atom. The maximum atomic E-state index is 11.6. The van der Waals surface area contributed by atoms with E-state index in [9.17, 15) is 4.79 Å². The van der Waals surface area contributed by atoms with Gasteiger partial charge in [-0.05, 0) is 18.6 Å². The Kier molecular flexibility index (Phi) is 5.78. The predicted molar refractivity (Wildman–Crippen MR) is 72.2 cm³/mol. The summed E-state index contributed by atoms with van der Waals surface area (Å²) in [6, 6.07) is 3.07. The van der Waals surface area contributed by atoms with Gasteiger partial charge in [-0.15, -0.1) is 0 Å². The smallest absolute Gasteiger partial charge is 0.341 e. The van der Waals surface area contributed by atoms with Gasteiger partial charge in [0.05, 0.1) is 18.7 Å². The number of anilines is 1. The largest absolute Gasteiger partial charge is 0.491 e. The molecule has 0 saturated carbocycles. The van der Waals surface area contributed by atoms with Crippen LogP contribution < -0.4 is 10.5 Å². The summed E-state index contributed by atoms with van der Waals surface area (Å²) in [5.74, 6) is -0.163. The number of methoxy groups -OCH3 is 1. The van der Waals surface area contributed by atoms with Gasteiger partial charge in [0, 0.05) is 5.69 Å². The van der Waals surface area contributed by atoms with E-state index in [1.807, 2.05) is 0 Å². The summed E-state index contributed by atoms with van der Waals surface area (Å²) in [7, 11) is 1.31. The highest BCUT2D eigenvalue weighted by molar-refractivity contribution is 6.33. The molecule has 1 rings (SSSR count). The number of ether oxygens (including phenoxy) is 2. The van der Waals surface area contributed by atoms with Crippen molar-refractivity contribution in [3.8, 4) is 5.75 Å². The molecule has 100 valence electrons. The second-order valence-electron chi connectivity index (χ2n) is 3.93. The number of hydrogen-bond donors (Lipinski definition) is 1. The van der Waals surface area contributed by atoms with Gasteiger partial charge in [-0.25, -0.2) is 4.79 Å². The molecule has 0 aromatic heterocycles. The number of nitrogen functional groups attached to an aromatic ring is 1. The lowest BCUT2D eigenvalue weighted by Crippen LogP contribution is -2.08. The quantitative estimate of drug-likeness (QED) is 0.490. The zero-order valence-corrected chi connectivity index (χ0v) is 11.4. The Labute approximate surface area is 112 Å². The number of benzene rings is 1. The molecule has 0 amide bonds. The van der Waals surface area contributed by atoms with Gasteiger partial charge >= 0.3 is 5.97 Å². The molecule has 0 bridgehead atoms. The zero-order chi connectivity index (χ0) is 13.5. The first-order valence-electron chi connectivity index (χ1n) is 5.90. The molecule has 2 N–H and O–H groups in total. The fourth-order valence-corrected chi connectivity index (χ4v) is 1.83. The molecule has 0 saturated heterocycles. The molecule has 5 heteroatoms. The Hall–Kier alpha value is -1.42. The lowest BCUT2D eigenvalue weighted by Gasteiger charge is -2.12. The predicted octanol–water partition coefficient (Wildman–Crippen LogP) is 3.28. The second kappa shape index (κ2) is 7.11. The highest BCUT2D eigenvalue weighted by Gasteiger charge is 2.17. The summed E-state index contributed by atoms with van der Waals surface area (Å²) in [6.07, 6.45) is 3.08. The summed E-state index contributed by atoms with van der Waals surface area (Å²) in [4.78, 5) is 11.6. The molecule has 4 nitrogen and oxygen atoms in total. The zero-order valence-electron chi connectivity index (χ0n) is 10.7. The van der Waals surface area contributed by atoms with E-state index in [0.717, 1.165) is 19.3 Å². The third kappa shape index (κ3) is 3.81. The molecular formula is C13H18ClNO3. The summed E-state index contributed by atoms with van der Waals surface area (Å²) in [5, 5.41) is 0.326. The summed E-state index contributed by atoms with van der Waals surface area (Å²) in [5.41, 5.74) is 6.32. The molecule has 0 aliphatic rings. The molecule has 0 atom stereocenters. The first kappa shape index (κ1) is 14.6. The number of unbranched alkanes of at least 4 members (excludes halogenated alkanes) is 2. The minimum Gasteiger partial charge on any atom is -0.491 e. The topological polar surface area (TPSA) is 61.5 Å². The van der Waals surface area contributed by atoms with Crippen LogP contribution in [0.3, 0.4) is 0 Å². The molecule has 0 aliphatic heterocycles. The summed E-state index contributed by atoms with van der Waals surface area (Å²) in [6.45, 7) is 2.62. The molecule has 1 aromatic rings. The molecule has 0 unspecified atom stereocenters. The maximum Gasteiger partial charge on any atom is 0.341 e. The van der Waals surface area contributed by atoms with E-state index in [1.165, 1.54) is 13.2 Å². The van der Waals surface area contributed by atoms with Crippen molar-refractivity contribution in [2.45, 2.75) is 26.2 Å². The van der Waals surface area contributed by atoms with Crippen LogP contribution in [0.4, 0.5) is 5.69 Å². The SMILES string of the molecule is CCCCCOc1c(Cl)cc(N)cc1C(=O)OC. The van der Waals surface area contributed by atoms with E-state index < -0.39 is 5.97 Å². The Balaban J connectivity index is 2.90. The van der Waals surface area contributed by atoms with Gasteiger partial charge in [-0.1, -0.05) is 31.4 Å². The number of carbonyl (C=O) groups excluding carboxylic acids is 1. The van der Waals surface area contributed by atoms with Crippen molar-refractivity contribution in [2.24, 2.45) is 0 Å². The van der Waals surface area contributed by atoms with Crippen LogP contribution >= 0.6 is 11.6 Å². The minimum atomic E-state index is -0.505. The second-order valence-corrected chi connectivity index (χ2v) is 4.33. The Bertz CT molecular complexity index is 421. The number of nitrogens with two attached hydrogens (primary N) is 1. The van der Waals surface area contributed by atoms with Crippen LogP contribution in [0.1, 0.15) is 36.5 Å². The van der Waals surface area contributed by atoms with Crippen molar-refractivity contribution in [1.29, 1.82) is 0 Å². The van der Waals surface area contributed by atoms with Gasteiger partial charge in [0.15, 0.2) is 5.75 Å². The van der Waals surface area contributed by atoms with E-state index in [0.29, 0.717) is 23.1 Å². The standard InChI is InChI=1S/C13H18ClNO3/c1-3-4-5-6-18-12-10(13(16)17-2)7-9(15)8-11(12)14/h7-8H,3-6,15H2,1-2H3. The third-order valence-electron chi connectivity index (χ3n) is 2.47. The van der Waals surface area contributed by atoms with Crippen molar-refractivity contribution in [2.75, 3.05) is 19.5 Å². The molecule has 0 aliphatic carbocycles. The third-order valence-corrected chi connectivity index (χ3v) is 2.75. The van der Waals surface area contributed by atoms with E-state index in [4.69, 9.17) is 22.1 Å². The van der Waals surface area contributed by atoms with E-state index in [1.54, 1.807) is 6.07 Å².